The molecule has 1 heterocycles. The summed E-state index contributed by atoms with van der Waals surface area (Å²) in [6.07, 6.45) is -1.17. The maximum Gasteiger partial charge on any atom is 0.478 e. The molecule has 0 aromatic heterocycles. The average molecular weight is 531 g/mol. The van der Waals surface area contributed by atoms with Gasteiger partial charge in [-0.05, 0) is 19.1 Å². The van der Waals surface area contributed by atoms with Gasteiger partial charge in [0.2, 0.25) is 18.6 Å². The van der Waals surface area contributed by atoms with Gasteiger partial charge < -0.3 is 15.4 Å². The van der Waals surface area contributed by atoms with Gasteiger partial charge in [-0.25, -0.2) is 13.9 Å². The summed E-state index contributed by atoms with van der Waals surface area (Å²) in [5.74, 6) is -1.08. The van der Waals surface area contributed by atoms with E-state index >= 15 is 0 Å². The average Bonchev–Trinajstić information content (AvgIpc) is 2.78. The normalized spacial score (nSPS) is 21.1. The molecule has 1 saturated heterocycles. The summed E-state index contributed by atoms with van der Waals surface area (Å²) in [7, 11) is -4.19. The molecule has 1 fully saturated rings. The topological polar surface area (TPSA) is 146 Å². The molecule has 0 spiro atoms. The van der Waals surface area contributed by atoms with Crippen molar-refractivity contribution in [3.63, 3.8) is 0 Å². The van der Waals surface area contributed by atoms with Crippen LogP contribution in [0.15, 0.2) is 24.3 Å². The van der Waals surface area contributed by atoms with Crippen molar-refractivity contribution < 1.29 is 42.1 Å². The maximum atomic E-state index is 12.9. The van der Waals surface area contributed by atoms with Crippen molar-refractivity contribution in [3.05, 3.63) is 35.4 Å². The molecule has 11 nitrogen and oxygen atoms in total. The quantitative estimate of drug-likeness (QED) is 0.189. The van der Waals surface area contributed by atoms with Crippen molar-refractivity contribution in [2.24, 2.45) is 5.41 Å². The van der Waals surface area contributed by atoms with Crippen molar-refractivity contribution >= 4 is 42.5 Å². The Morgan fingerprint density at radius 1 is 1.20 bits per heavy atom. The van der Waals surface area contributed by atoms with Crippen molar-refractivity contribution in [3.8, 4) is 0 Å². The number of carbonyl (C=O) groups excluding carboxylic acids is 4. The molecule has 2 N–H and O–H groups in total. The largest absolute Gasteiger partial charge is 0.478 e. The van der Waals surface area contributed by atoms with Gasteiger partial charge in [0.1, 0.15) is 0 Å². The highest BCUT2D eigenvalue weighted by Crippen LogP contribution is 2.57. The first kappa shape index (κ1) is 29.0. The van der Waals surface area contributed by atoms with Gasteiger partial charge in [0.05, 0.1) is 12.2 Å². The molecule has 1 unspecified atom stereocenters. The number of carbonyl (C=O) groups is 4. The molecule has 0 radical (unpaired) electrons. The molecule has 194 valence electrons. The molecule has 1 aromatic rings. The molecule has 1 aliphatic heterocycles. The lowest BCUT2D eigenvalue weighted by atomic mass is 9.87. The SMILES string of the molecule is CC(=O)SCCNC(=O)CCNC(=O)[C@@H]1OP(=O)(OCOC(=O)c2cccc(C)c2)OCC1(C)C. The lowest BCUT2D eigenvalue weighted by Gasteiger charge is -2.39. The van der Waals surface area contributed by atoms with Gasteiger partial charge >= 0.3 is 13.8 Å². The predicted molar refractivity (Wildman–Crippen MR) is 129 cm³/mol. The van der Waals surface area contributed by atoms with E-state index in [1.165, 1.54) is 6.92 Å². The first-order chi connectivity index (χ1) is 16.4. The molecule has 1 aliphatic rings. The second-order valence-corrected chi connectivity index (χ2v) is 11.4. The minimum absolute atomic E-state index is 0.0171. The zero-order chi connectivity index (χ0) is 26.1. The van der Waals surface area contributed by atoms with Crippen LogP contribution in [0.1, 0.15) is 43.1 Å². The van der Waals surface area contributed by atoms with Crippen LogP contribution in [0.5, 0.6) is 0 Å². The number of hydrogen-bond donors (Lipinski definition) is 2. The van der Waals surface area contributed by atoms with Gasteiger partial charge in [-0.15, -0.1) is 0 Å². The molecule has 35 heavy (non-hydrogen) atoms. The number of rotatable bonds is 11. The molecule has 2 amide bonds. The molecule has 0 saturated carbocycles. The van der Waals surface area contributed by atoms with Crippen LogP contribution >= 0.6 is 19.6 Å². The first-order valence-electron chi connectivity index (χ1n) is 10.9. The van der Waals surface area contributed by atoms with E-state index in [2.05, 4.69) is 10.6 Å². The van der Waals surface area contributed by atoms with E-state index in [-0.39, 0.29) is 30.6 Å². The van der Waals surface area contributed by atoms with Crippen LogP contribution in [0.25, 0.3) is 0 Å². The Morgan fingerprint density at radius 3 is 2.63 bits per heavy atom. The fourth-order valence-electron chi connectivity index (χ4n) is 2.96. The number of benzene rings is 1. The highest BCUT2D eigenvalue weighted by atomic mass is 32.2. The van der Waals surface area contributed by atoms with Crippen molar-refractivity contribution in [2.45, 2.75) is 40.2 Å². The second kappa shape index (κ2) is 13.2. The zero-order valence-corrected chi connectivity index (χ0v) is 21.9. The third-order valence-electron chi connectivity index (χ3n) is 4.81. The Kier molecular flexibility index (Phi) is 10.9. The molecule has 2 atom stereocenters. The fraction of sp³-hybridized carbons (Fsp3) is 0.545. The van der Waals surface area contributed by atoms with Crippen molar-refractivity contribution in [1.82, 2.24) is 10.6 Å². The molecular formula is C22H31N2O9PS. The van der Waals surface area contributed by atoms with Crippen LogP contribution in [0.3, 0.4) is 0 Å². The summed E-state index contributed by atoms with van der Waals surface area (Å²) in [6, 6.07) is 6.72. The second-order valence-electron chi connectivity index (χ2n) is 8.47. The van der Waals surface area contributed by atoms with Gasteiger partial charge in [-0.3, -0.25) is 23.4 Å². The van der Waals surface area contributed by atoms with Crippen LogP contribution in [0, 0.1) is 12.3 Å². The number of aryl methyl sites for hydroxylation is 1. The van der Waals surface area contributed by atoms with E-state index in [4.69, 9.17) is 18.3 Å². The third kappa shape index (κ3) is 9.73. The summed E-state index contributed by atoms with van der Waals surface area (Å²) >= 11 is 1.11. The lowest BCUT2D eigenvalue weighted by molar-refractivity contribution is -0.143. The minimum Gasteiger partial charge on any atom is -0.434 e. The Balaban J connectivity index is 1.81. The molecule has 0 aliphatic carbocycles. The first-order valence-corrected chi connectivity index (χ1v) is 13.4. The van der Waals surface area contributed by atoms with Crippen molar-refractivity contribution in [2.75, 3.05) is 32.2 Å². The molecular weight excluding hydrogens is 499 g/mol. The smallest absolute Gasteiger partial charge is 0.434 e. The number of phosphoric ester groups is 1. The standard InChI is InChI=1S/C22H31N2O9PS/c1-15-6-5-7-17(12-15)21(28)30-14-32-34(29)31-13-22(3,4)19(33-34)20(27)24-9-8-18(26)23-10-11-35-16(2)25/h5-7,12,19H,8-11,13-14H2,1-4H3,(H,23,26)(H,24,27)/t19-,34?/m0/s1. The van der Waals surface area contributed by atoms with E-state index in [1.54, 1.807) is 32.0 Å². The van der Waals surface area contributed by atoms with Crippen LogP contribution < -0.4 is 10.6 Å². The summed E-state index contributed by atoms with van der Waals surface area (Å²) in [5, 5.41) is 5.20. The van der Waals surface area contributed by atoms with Crippen LogP contribution in [0.4, 0.5) is 0 Å². The molecule has 2 rings (SSSR count). The monoisotopic (exact) mass is 530 g/mol. The minimum atomic E-state index is -4.19. The van der Waals surface area contributed by atoms with Gasteiger partial charge in [-0.2, -0.15) is 0 Å². The number of amides is 2. The van der Waals surface area contributed by atoms with Crippen LogP contribution in [-0.4, -0.2) is 61.2 Å². The Morgan fingerprint density at radius 2 is 1.94 bits per heavy atom. The van der Waals surface area contributed by atoms with E-state index in [1.807, 2.05) is 13.0 Å². The summed E-state index contributed by atoms with van der Waals surface area (Å²) < 4.78 is 33.5. The third-order valence-corrected chi connectivity index (χ3v) is 6.96. The number of ether oxygens (including phenoxy) is 1. The van der Waals surface area contributed by atoms with Gasteiger partial charge in [0, 0.05) is 37.6 Å². The van der Waals surface area contributed by atoms with E-state index in [0.29, 0.717) is 17.9 Å². The predicted octanol–water partition coefficient (Wildman–Crippen LogP) is 2.58. The Bertz CT molecular complexity index is 985. The summed E-state index contributed by atoms with van der Waals surface area (Å²) in [5.41, 5.74) is 0.330. The molecule has 0 bridgehead atoms. The van der Waals surface area contributed by atoms with E-state index in [9.17, 15) is 23.7 Å². The highest BCUT2D eigenvalue weighted by molar-refractivity contribution is 8.13. The van der Waals surface area contributed by atoms with Gasteiger partial charge in [0.15, 0.2) is 11.2 Å². The van der Waals surface area contributed by atoms with Crippen LogP contribution in [0.2, 0.25) is 0 Å². The Labute approximate surface area is 208 Å². The molecule has 13 heteroatoms. The van der Waals surface area contributed by atoms with Gasteiger partial charge in [0.25, 0.3) is 0 Å². The zero-order valence-electron chi connectivity index (χ0n) is 20.2. The number of nitrogens with one attached hydrogen (secondary N) is 2. The maximum absolute atomic E-state index is 12.9. The van der Waals surface area contributed by atoms with Crippen LogP contribution in [-0.2, 0) is 37.3 Å². The number of thioether (sulfide) groups is 1. The fourth-order valence-corrected chi connectivity index (χ4v) is 4.96. The lowest BCUT2D eigenvalue weighted by Crippen LogP contribution is -2.50. The van der Waals surface area contributed by atoms with E-state index < -0.39 is 38.0 Å². The Hall–Kier alpha value is -2.24. The number of hydrogen-bond acceptors (Lipinski definition) is 10. The highest BCUT2D eigenvalue weighted by Gasteiger charge is 2.49. The van der Waals surface area contributed by atoms with E-state index in [0.717, 1.165) is 17.3 Å². The summed E-state index contributed by atoms with van der Waals surface area (Å²) in [6.45, 7) is 6.22. The summed E-state index contributed by atoms with van der Waals surface area (Å²) in [4.78, 5) is 47.5. The van der Waals surface area contributed by atoms with Gasteiger partial charge in [-0.1, -0.05) is 43.3 Å². The van der Waals surface area contributed by atoms with Crippen molar-refractivity contribution in [1.29, 1.82) is 0 Å². The number of phosphoric acid groups is 1. The number of esters is 1. The molecule has 1 aromatic carbocycles.